The average Bonchev–Trinajstić information content (AvgIpc) is 2.64. The van der Waals surface area contributed by atoms with Gasteiger partial charge in [-0.1, -0.05) is 13.3 Å². The molecular weight excluding hydrogens is 330 g/mol. The number of carbonyl (C=O) groups excluding carboxylic acids is 2. The molecule has 1 spiro atoms. The summed E-state index contributed by atoms with van der Waals surface area (Å²) in [5.41, 5.74) is 0.462. The van der Waals surface area contributed by atoms with E-state index in [0.29, 0.717) is 18.5 Å². The molecule has 2 aliphatic rings. The summed E-state index contributed by atoms with van der Waals surface area (Å²) in [6.07, 6.45) is 7.21. The average molecular weight is 359 g/mol. The molecule has 1 unspecified atom stereocenters. The van der Waals surface area contributed by atoms with E-state index in [4.69, 9.17) is 0 Å². The topological polar surface area (TPSA) is 62.6 Å². The Labute approximate surface area is 154 Å². The Hall–Kier alpha value is -2.11. The molecule has 0 aromatic carbocycles. The number of amides is 2. The SMILES string of the molecule is CCCCN1CC2(CCCN(C(=O)c3ccc(=O)n(C)c3)C2)CCC1=O. The van der Waals surface area contributed by atoms with Crippen LogP contribution in [-0.4, -0.2) is 52.4 Å². The van der Waals surface area contributed by atoms with Gasteiger partial charge in [0.25, 0.3) is 5.91 Å². The Morgan fingerprint density at radius 1 is 1.19 bits per heavy atom. The Kier molecular flexibility index (Phi) is 5.49. The second-order valence-electron chi connectivity index (χ2n) is 7.87. The molecule has 2 amide bonds. The number of nitrogens with zero attached hydrogens (tertiary/aromatic N) is 3. The maximum atomic E-state index is 12.9. The van der Waals surface area contributed by atoms with Crippen molar-refractivity contribution >= 4 is 11.8 Å². The van der Waals surface area contributed by atoms with Crippen molar-refractivity contribution in [2.45, 2.75) is 45.4 Å². The summed E-state index contributed by atoms with van der Waals surface area (Å²) >= 11 is 0. The Bertz CT molecular complexity index is 742. The van der Waals surface area contributed by atoms with Gasteiger partial charge in [0.15, 0.2) is 0 Å². The van der Waals surface area contributed by atoms with Crippen LogP contribution in [0.2, 0.25) is 0 Å². The second-order valence-corrected chi connectivity index (χ2v) is 7.87. The summed E-state index contributed by atoms with van der Waals surface area (Å²) in [5, 5.41) is 0. The predicted molar refractivity (Wildman–Crippen MR) is 100.0 cm³/mol. The van der Waals surface area contributed by atoms with Crippen molar-refractivity contribution in [3.63, 3.8) is 0 Å². The summed E-state index contributed by atoms with van der Waals surface area (Å²) in [7, 11) is 1.66. The van der Waals surface area contributed by atoms with E-state index in [2.05, 4.69) is 6.92 Å². The number of carbonyl (C=O) groups is 2. The number of likely N-dealkylation sites (tertiary alicyclic amines) is 2. The molecule has 3 heterocycles. The molecule has 1 aromatic rings. The van der Waals surface area contributed by atoms with Crippen molar-refractivity contribution in [3.05, 3.63) is 34.2 Å². The van der Waals surface area contributed by atoms with Gasteiger partial charge in [-0.3, -0.25) is 14.4 Å². The zero-order valence-corrected chi connectivity index (χ0v) is 15.9. The second kappa shape index (κ2) is 7.64. The lowest BCUT2D eigenvalue weighted by Crippen LogP contribution is -2.55. The highest BCUT2D eigenvalue weighted by Gasteiger charge is 2.42. The molecular formula is C20H29N3O3. The highest BCUT2D eigenvalue weighted by atomic mass is 16.2. The van der Waals surface area contributed by atoms with Gasteiger partial charge in [0.2, 0.25) is 11.5 Å². The van der Waals surface area contributed by atoms with Crippen LogP contribution in [0.25, 0.3) is 0 Å². The molecule has 2 aliphatic heterocycles. The minimum absolute atomic E-state index is 0.0170. The molecule has 2 fully saturated rings. The molecule has 3 rings (SSSR count). The third kappa shape index (κ3) is 3.84. The van der Waals surface area contributed by atoms with Gasteiger partial charge in [0.1, 0.15) is 0 Å². The van der Waals surface area contributed by atoms with Crippen LogP contribution in [0.5, 0.6) is 0 Å². The number of piperidine rings is 2. The van der Waals surface area contributed by atoms with E-state index in [0.717, 1.165) is 51.7 Å². The van der Waals surface area contributed by atoms with Crippen LogP contribution < -0.4 is 5.56 Å². The van der Waals surface area contributed by atoms with Gasteiger partial charge in [0.05, 0.1) is 5.56 Å². The monoisotopic (exact) mass is 359 g/mol. The third-order valence-corrected chi connectivity index (χ3v) is 5.81. The maximum absolute atomic E-state index is 12.9. The van der Waals surface area contributed by atoms with Crippen LogP contribution in [0, 0.1) is 5.41 Å². The van der Waals surface area contributed by atoms with Gasteiger partial charge >= 0.3 is 0 Å². The molecule has 6 nitrogen and oxygen atoms in total. The largest absolute Gasteiger partial charge is 0.342 e. The minimum atomic E-state index is -0.117. The highest BCUT2D eigenvalue weighted by molar-refractivity contribution is 5.94. The summed E-state index contributed by atoms with van der Waals surface area (Å²) < 4.78 is 1.44. The van der Waals surface area contributed by atoms with Gasteiger partial charge in [-0.25, -0.2) is 0 Å². The fourth-order valence-electron chi connectivity index (χ4n) is 4.27. The van der Waals surface area contributed by atoms with E-state index in [9.17, 15) is 14.4 Å². The number of pyridine rings is 1. The van der Waals surface area contributed by atoms with Crippen LogP contribution in [-0.2, 0) is 11.8 Å². The number of unbranched alkanes of at least 4 members (excludes halogenated alkanes) is 1. The number of aryl methyl sites for hydroxylation is 1. The fraction of sp³-hybridized carbons (Fsp3) is 0.650. The van der Waals surface area contributed by atoms with E-state index in [-0.39, 0.29) is 22.8 Å². The molecule has 1 aromatic heterocycles. The fourth-order valence-corrected chi connectivity index (χ4v) is 4.27. The van der Waals surface area contributed by atoms with Gasteiger partial charge < -0.3 is 14.4 Å². The Morgan fingerprint density at radius 2 is 2.00 bits per heavy atom. The molecule has 0 bridgehead atoms. The van der Waals surface area contributed by atoms with Crippen molar-refractivity contribution in [1.29, 1.82) is 0 Å². The first kappa shape index (κ1) is 18.7. The van der Waals surface area contributed by atoms with E-state index < -0.39 is 0 Å². The van der Waals surface area contributed by atoms with Crippen LogP contribution in [0.3, 0.4) is 0 Å². The number of rotatable bonds is 4. The van der Waals surface area contributed by atoms with Crippen LogP contribution in [0.15, 0.2) is 23.1 Å². The van der Waals surface area contributed by atoms with E-state index in [1.807, 2.05) is 9.80 Å². The third-order valence-electron chi connectivity index (χ3n) is 5.81. The molecule has 0 aliphatic carbocycles. The van der Waals surface area contributed by atoms with Crippen LogP contribution in [0.4, 0.5) is 0 Å². The standard InChI is InChI=1S/C20H29N3O3/c1-3-4-11-22-14-20(10-8-18(22)25)9-5-12-23(15-20)19(26)16-6-7-17(24)21(2)13-16/h6-7,13H,3-5,8-12,14-15H2,1-2H3. The summed E-state index contributed by atoms with van der Waals surface area (Å²) in [6, 6.07) is 3.06. The molecule has 2 saturated heterocycles. The van der Waals surface area contributed by atoms with Gasteiger partial charge in [-0.2, -0.15) is 0 Å². The maximum Gasteiger partial charge on any atom is 0.255 e. The first-order chi connectivity index (χ1) is 12.4. The molecule has 0 saturated carbocycles. The lowest BCUT2D eigenvalue weighted by Gasteiger charge is -2.48. The minimum Gasteiger partial charge on any atom is -0.342 e. The van der Waals surface area contributed by atoms with Gasteiger partial charge in [-0.15, -0.1) is 0 Å². The molecule has 0 N–H and O–H groups in total. The van der Waals surface area contributed by atoms with Crippen LogP contribution in [0.1, 0.15) is 55.8 Å². The summed E-state index contributed by atoms with van der Waals surface area (Å²) in [5.74, 6) is 0.238. The normalized spacial score (nSPS) is 23.5. The zero-order chi connectivity index (χ0) is 18.7. The van der Waals surface area contributed by atoms with Crippen LogP contribution >= 0.6 is 0 Å². The lowest BCUT2D eigenvalue weighted by molar-refractivity contribution is -0.139. The highest BCUT2D eigenvalue weighted by Crippen LogP contribution is 2.39. The number of hydrogen-bond acceptors (Lipinski definition) is 3. The smallest absolute Gasteiger partial charge is 0.255 e. The van der Waals surface area contributed by atoms with Gasteiger partial charge in [0, 0.05) is 57.3 Å². The zero-order valence-electron chi connectivity index (χ0n) is 15.9. The number of hydrogen-bond donors (Lipinski definition) is 0. The Balaban J connectivity index is 1.73. The van der Waals surface area contributed by atoms with Crippen molar-refractivity contribution in [1.82, 2.24) is 14.4 Å². The van der Waals surface area contributed by atoms with Crippen molar-refractivity contribution < 1.29 is 9.59 Å². The molecule has 142 valence electrons. The molecule has 0 radical (unpaired) electrons. The quantitative estimate of drug-likeness (QED) is 0.826. The first-order valence-corrected chi connectivity index (χ1v) is 9.68. The first-order valence-electron chi connectivity index (χ1n) is 9.68. The van der Waals surface area contributed by atoms with E-state index >= 15 is 0 Å². The van der Waals surface area contributed by atoms with Crippen molar-refractivity contribution in [2.75, 3.05) is 26.2 Å². The predicted octanol–water partition coefficient (Wildman–Crippen LogP) is 2.03. The molecule has 6 heteroatoms. The van der Waals surface area contributed by atoms with E-state index in [1.54, 1.807) is 19.3 Å². The number of aromatic nitrogens is 1. The summed E-state index contributed by atoms with van der Waals surface area (Å²) in [6.45, 7) is 5.17. The summed E-state index contributed by atoms with van der Waals surface area (Å²) in [4.78, 5) is 40.7. The molecule has 26 heavy (non-hydrogen) atoms. The van der Waals surface area contributed by atoms with E-state index in [1.165, 1.54) is 10.6 Å². The Morgan fingerprint density at radius 3 is 2.73 bits per heavy atom. The lowest BCUT2D eigenvalue weighted by atomic mass is 9.73. The molecule has 1 atom stereocenters. The van der Waals surface area contributed by atoms with Crippen molar-refractivity contribution in [3.8, 4) is 0 Å². The van der Waals surface area contributed by atoms with Gasteiger partial charge in [-0.05, 0) is 31.7 Å². The van der Waals surface area contributed by atoms with Crippen molar-refractivity contribution in [2.24, 2.45) is 12.5 Å².